The summed E-state index contributed by atoms with van der Waals surface area (Å²) in [6, 6.07) is 12.0. The molecule has 9 heteroatoms. The van der Waals surface area contributed by atoms with Crippen molar-refractivity contribution in [2.24, 2.45) is 5.73 Å². The van der Waals surface area contributed by atoms with Gasteiger partial charge < -0.3 is 24.5 Å². The Kier molecular flexibility index (Phi) is 8.35. The Labute approximate surface area is 203 Å². The van der Waals surface area contributed by atoms with E-state index in [1.165, 1.54) is 5.56 Å². The molecule has 33 heavy (non-hydrogen) atoms. The SMILES string of the molecule is CN1Cc2c(Cl)cc(Cl)cc2[C@H](c2cccc(-c3nnc(CCOCCOCCN)o3)c2)C1. The lowest BCUT2D eigenvalue weighted by Gasteiger charge is -2.33. The number of hydrogen-bond acceptors (Lipinski definition) is 7. The molecule has 0 aliphatic carbocycles. The number of benzene rings is 2. The maximum atomic E-state index is 6.51. The molecular weight excluding hydrogens is 463 g/mol. The van der Waals surface area contributed by atoms with Gasteiger partial charge in [-0.3, -0.25) is 0 Å². The number of nitrogens with zero attached hydrogens (tertiary/aromatic N) is 3. The summed E-state index contributed by atoms with van der Waals surface area (Å²) in [7, 11) is 2.10. The molecule has 176 valence electrons. The minimum atomic E-state index is 0.146. The quantitative estimate of drug-likeness (QED) is 0.427. The highest BCUT2D eigenvalue weighted by Gasteiger charge is 2.27. The average Bonchev–Trinajstić information content (AvgIpc) is 3.28. The fraction of sp³-hybridized carbons (Fsp3) is 0.417. The molecule has 2 aromatic carbocycles. The van der Waals surface area contributed by atoms with E-state index in [9.17, 15) is 0 Å². The van der Waals surface area contributed by atoms with E-state index in [-0.39, 0.29) is 5.92 Å². The van der Waals surface area contributed by atoms with Crippen LogP contribution in [0.25, 0.3) is 11.5 Å². The number of fused-ring (bicyclic) bond motifs is 1. The zero-order chi connectivity index (χ0) is 23.2. The van der Waals surface area contributed by atoms with Crippen molar-refractivity contribution in [2.45, 2.75) is 18.9 Å². The van der Waals surface area contributed by atoms with Gasteiger partial charge in [-0.05, 0) is 48.0 Å². The molecule has 0 fully saturated rings. The van der Waals surface area contributed by atoms with Crippen LogP contribution in [0.15, 0.2) is 40.8 Å². The first-order valence-electron chi connectivity index (χ1n) is 11.0. The van der Waals surface area contributed by atoms with Crippen LogP contribution in [0.4, 0.5) is 0 Å². The summed E-state index contributed by atoms with van der Waals surface area (Å²) in [5, 5.41) is 9.76. The lowest BCUT2D eigenvalue weighted by Crippen LogP contribution is -2.31. The molecule has 0 bridgehead atoms. The van der Waals surface area contributed by atoms with Gasteiger partial charge in [-0.25, -0.2) is 0 Å². The van der Waals surface area contributed by atoms with Crippen molar-refractivity contribution in [1.82, 2.24) is 15.1 Å². The Morgan fingerprint density at radius 2 is 1.91 bits per heavy atom. The van der Waals surface area contributed by atoms with Crippen LogP contribution >= 0.6 is 23.2 Å². The molecule has 0 saturated carbocycles. The maximum Gasteiger partial charge on any atom is 0.247 e. The normalized spacial score (nSPS) is 16.2. The lowest BCUT2D eigenvalue weighted by atomic mass is 9.84. The highest BCUT2D eigenvalue weighted by molar-refractivity contribution is 6.35. The Morgan fingerprint density at radius 3 is 2.73 bits per heavy atom. The number of aromatic nitrogens is 2. The number of ether oxygens (including phenoxy) is 2. The first-order chi connectivity index (χ1) is 16.0. The monoisotopic (exact) mass is 490 g/mol. The van der Waals surface area contributed by atoms with Crippen LogP contribution in [-0.2, 0) is 22.4 Å². The van der Waals surface area contributed by atoms with E-state index in [2.05, 4.69) is 34.3 Å². The van der Waals surface area contributed by atoms with E-state index >= 15 is 0 Å². The van der Waals surface area contributed by atoms with Crippen LogP contribution in [-0.4, -0.2) is 61.7 Å². The summed E-state index contributed by atoms with van der Waals surface area (Å²) in [6.07, 6.45) is 0.543. The average molecular weight is 491 g/mol. The minimum absolute atomic E-state index is 0.146. The number of likely N-dealkylation sites (N-methyl/N-ethyl adjacent to an activating group) is 1. The third-order valence-electron chi connectivity index (χ3n) is 5.59. The van der Waals surface area contributed by atoms with Gasteiger partial charge in [0.1, 0.15) is 0 Å². The van der Waals surface area contributed by atoms with Crippen molar-refractivity contribution in [1.29, 1.82) is 0 Å². The first kappa shape index (κ1) is 24.1. The van der Waals surface area contributed by atoms with Gasteiger partial charge >= 0.3 is 0 Å². The van der Waals surface area contributed by atoms with Crippen LogP contribution in [0.1, 0.15) is 28.5 Å². The molecule has 4 rings (SSSR count). The Bertz CT molecular complexity index is 1080. The predicted molar refractivity (Wildman–Crippen MR) is 129 cm³/mol. The smallest absolute Gasteiger partial charge is 0.247 e. The van der Waals surface area contributed by atoms with Crippen molar-refractivity contribution >= 4 is 23.2 Å². The van der Waals surface area contributed by atoms with Crippen LogP contribution in [0.3, 0.4) is 0 Å². The molecule has 0 amide bonds. The van der Waals surface area contributed by atoms with E-state index in [0.29, 0.717) is 61.2 Å². The molecule has 2 heterocycles. The number of rotatable bonds is 10. The Morgan fingerprint density at radius 1 is 1.09 bits per heavy atom. The van der Waals surface area contributed by atoms with Gasteiger partial charge in [-0.15, -0.1) is 10.2 Å². The van der Waals surface area contributed by atoms with E-state index in [0.717, 1.165) is 29.8 Å². The van der Waals surface area contributed by atoms with E-state index < -0.39 is 0 Å². The van der Waals surface area contributed by atoms with Crippen LogP contribution in [0, 0.1) is 0 Å². The molecule has 0 radical (unpaired) electrons. The fourth-order valence-electron chi connectivity index (χ4n) is 4.06. The number of hydrogen-bond donors (Lipinski definition) is 1. The molecule has 0 saturated heterocycles. The summed E-state index contributed by atoms with van der Waals surface area (Å²) in [4.78, 5) is 2.27. The zero-order valence-electron chi connectivity index (χ0n) is 18.6. The van der Waals surface area contributed by atoms with Crippen molar-refractivity contribution < 1.29 is 13.9 Å². The highest BCUT2D eigenvalue weighted by Crippen LogP contribution is 2.39. The van der Waals surface area contributed by atoms with Gasteiger partial charge in [0.25, 0.3) is 0 Å². The predicted octanol–water partition coefficient (Wildman–Crippen LogP) is 4.16. The molecule has 0 unspecified atom stereocenters. The van der Waals surface area contributed by atoms with Gasteiger partial charge in [0.2, 0.25) is 11.8 Å². The molecule has 1 aliphatic heterocycles. The molecule has 1 aromatic heterocycles. The van der Waals surface area contributed by atoms with Gasteiger partial charge in [-0.2, -0.15) is 0 Å². The minimum Gasteiger partial charge on any atom is -0.421 e. The molecule has 3 aromatic rings. The van der Waals surface area contributed by atoms with E-state index in [4.69, 9.17) is 42.8 Å². The molecule has 2 N–H and O–H groups in total. The van der Waals surface area contributed by atoms with E-state index in [1.54, 1.807) is 0 Å². The third kappa shape index (κ3) is 6.12. The third-order valence-corrected chi connectivity index (χ3v) is 6.15. The van der Waals surface area contributed by atoms with Crippen molar-refractivity contribution in [3.63, 3.8) is 0 Å². The van der Waals surface area contributed by atoms with Gasteiger partial charge in [0.15, 0.2) is 0 Å². The molecule has 1 aliphatic rings. The Hall–Kier alpha value is -2.00. The standard InChI is InChI=1S/C24H28Cl2N4O3/c1-30-14-20(19-12-18(25)13-22(26)21(19)15-30)16-3-2-4-17(11-16)24-29-28-23(33-24)5-7-31-9-10-32-8-6-27/h2-4,11-13,20H,5-10,14-15,27H2,1H3/t20-/m0/s1. The van der Waals surface area contributed by atoms with Crippen LogP contribution < -0.4 is 5.73 Å². The second-order valence-electron chi connectivity index (χ2n) is 8.09. The fourth-order valence-corrected chi connectivity index (χ4v) is 4.62. The van der Waals surface area contributed by atoms with Gasteiger partial charge in [0, 0.05) is 47.6 Å². The molecular formula is C24H28Cl2N4O3. The second-order valence-corrected chi connectivity index (χ2v) is 8.94. The number of nitrogens with two attached hydrogens (primary N) is 1. The van der Waals surface area contributed by atoms with Crippen molar-refractivity contribution in [2.75, 3.05) is 46.6 Å². The maximum absolute atomic E-state index is 6.51. The van der Waals surface area contributed by atoms with Crippen molar-refractivity contribution in [3.8, 4) is 11.5 Å². The van der Waals surface area contributed by atoms with Crippen LogP contribution in [0.5, 0.6) is 0 Å². The summed E-state index contributed by atoms with van der Waals surface area (Å²) in [6.45, 7) is 4.24. The lowest BCUT2D eigenvalue weighted by molar-refractivity contribution is 0.0505. The second kappa shape index (κ2) is 11.4. The molecule has 7 nitrogen and oxygen atoms in total. The Balaban J connectivity index is 1.45. The summed E-state index contributed by atoms with van der Waals surface area (Å²) in [5.41, 5.74) is 9.70. The van der Waals surface area contributed by atoms with Crippen LogP contribution in [0.2, 0.25) is 10.0 Å². The van der Waals surface area contributed by atoms with Crippen molar-refractivity contribution in [3.05, 3.63) is 69.0 Å². The highest BCUT2D eigenvalue weighted by atomic mass is 35.5. The zero-order valence-corrected chi connectivity index (χ0v) is 20.1. The first-order valence-corrected chi connectivity index (χ1v) is 11.8. The molecule has 1 atom stereocenters. The van der Waals surface area contributed by atoms with E-state index in [1.807, 2.05) is 24.3 Å². The van der Waals surface area contributed by atoms with Gasteiger partial charge in [0.05, 0.1) is 26.4 Å². The summed E-state index contributed by atoms with van der Waals surface area (Å²) in [5.74, 6) is 1.18. The summed E-state index contributed by atoms with van der Waals surface area (Å²) >= 11 is 12.8. The summed E-state index contributed by atoms with van der Waals surface area (Å²) < 4.78 is 16.7. The topological polar surface area (TPSA) is 86.6 Å². The van der Waals surface area contributed by atoms with Gasteiger partial charge in [-0.1, -0.05) is 35.3 Å². The molecule has 0 spiro atoms. The number of halogens is 2. The largest absolute Gasteiger partial charge is 0.421 e.